The third-order valence-corrected chi connectivity index (χ3v) is 4.98. The van der Waals surface area contributed by atoms with Crippen LogP contribution in [0.1, 0.15) is 42.3 Å². The number of rotatable bonds is 5. The number of barbiturate groups is 1. The van der Waals surface area contributed by atoms with Crippen molar-refractivity contribution in [1.29, 1.82) is 0 Å². The van der Waals surface area contributed by atoms with Crippen LogP contribution in [0.4, 0.5) is 4.79 Å². The Morgan fingerprint density at radius 2 is 1.71 bits per heavy atom. The van der Waals surface area contributed by atoms with Crippen molar-refractivity contribution in [2.75, 3.05) is 6.54 Å². The molecule has 1 aromatic heterocycles. The Hall–Kier alpha value is -3.15. The largest absolute Gasteiger partial charge is 0.331 e. The fraction of sp³-hybridized carbons (Fsp3) is 0.318. The molecule has 2 aromatic rings. The molecule has 1 aliphatic heterocycles. The average Bonchev–Trinajstić information content (AvgIpc) is 2.93. The lowest BCUT2D eigenvalue weighted by molar-refractivity contribution is -0.130. The van der Waals surface area contributed by atoms with Crippen LogP contribution >= 0.6 is 0 Å². The van der Waals surface area contributed by atoms with E-state index < -0.39 is 17.8 Å². The van der Waals surface area contributed by atoms with Crippen molar-refractivity contribution in [2.24, 2.45) is 0 Å². The van der Waals surface area contributed by atoms with E-state index in [0.29, 0.717) is 13.0 Å². The second kappa shape index (κ2) is 7.84. The predicted octanol–water partition coefficient (Wildman–Crippen LogP) is 3.66. The zero-order chi connectivity index (χ0) is 20.4. The molecule has 0 atom stereocenters. The van der Waals surface area contributed by atoms with Gasteiger partial charge in [0.2, 0.25) is 0 Å². The summed E-state index contributed by atoms with van der Waals surface area (Å²) in [6, 6.07) is 9.45. The first kappa shape index (κ1) is 19.6. The van der Waals surface area contributed by atoms with Crippen LogP contribution in [-0.4, -0.2) is 33.9 Å². The van der Waals surface area contributed by atoms with Gasteiger partial charge in [-0.25, -0.2) is 4.79 Å². The summed E-state index contributed by atoms with van der Waals surface area (Å²) >= 11 is 0. The minimum atomic E-state index is -0.650. The summed E-state index contributed by atoms with van der Waals surface area (Å²) in [5, 5.41) is 2.27. The van der Waals surface area contributed by atoms with E-state index >= 15 is 0 Å². The van der Waals surface area contributed by atoms with Crippen LogP contribution in [0.3, 0.4) is 0 Å². The number of benzene rings is 1. The second-order valence-corrected chi connectivity index (χ2v) is 7.13. The van der Waals surface area contributed by atoms with Crippen LogP contribution < -0.4 is 5.32 Å². The van der Waals surface area contributed by atoms with Crippen molar-refractivity contribution in [3.63, 3.8) is 0 Å². The van der Waals surface area contributed by atoms with Crippen molar-refractivity contribution >= 4 is 23.9 Å². The lowest BCUT2D eigenvalue weighted by Crippen LogP contribution is -2.54. The first-order valence-corrected chi connectivity index (χ1v) is 9.48. The zero-order valence-electron chi connectivity index (χ0n) is 16.7. The Kier molecular flexibility index (Phi) is 5.49. The molecule has 1 N–H and O–H groups in total. The maximum Gasteiger partial charge on any atom is 0.331 e. The van der Waals surface area contributed by atoms with E-state index in [9.17, 15) is 14.4 Å². The SMILES string of the molecule is CCCCN1C(=O)NC(=O)/C(=C\c2cc(C)n(-c3ccc(C)cc3)c2C)C1=O. The summed E-state index contributed by atoms with van der Waals surface area (Å²) in [7, 11) is 0. The van der Waals surface area contributed by atoms with Gasteiger partial charge in [-0.15, -0.1) is 0 Å². The number of urea groups is 1. The Morgan fingerprint density at radius 1 is 1.04 bits per heavy atom. The highest BCUT2D eigenvalue weighted by atomic mass is 16.2. The molecule has 2 heterocycles. The summed E-state index contributed by atoms with van der Waals surface area (Å²) in [5.41, 5.74) is 4.88. The number of amides is 4. The fourth-order valence-corrected chi connectivity index (χ4v) is 3.39. The van der Waals surface area contributed by atoms with Gasteiger partial charge in [0.15, 0.2) is 0 Å². The molecule has 6 nitrogen and oxygen atoms in total. The molecule has 0 radical (unpaired) electrons. The van der Waals surface area contributed by atoms with Crippen molar-refractivity contribution in [2.45, 2.75) is 40.5 Å². The summed E-state index contributed by atoms with van der Waals surface area (Å²) in [6.07, 6.45) is 3.13. The molecule has 1 fully saturated rings. The normalized spacial score (nSPS) is 16.1. The number of aryl methyl sites for hydroxylation is 2. The number of imide groups is 2. The van der Waals surface area contributed by atoms with Gasteiger partial charge in [-0.1, -0.05) is 31.0 Å². The Labute approximate surface area is 164 Å². The molecule has 0 unspecified atom stereocenters. The van der Waals surface area contributed by atoms with Crippen LogP contribution in [-0.2, 0) is 9.59 Å². The Morgan fingerprint density at radius 3 is 2.36 bits per heavy atom. The Bertz CT molecular complexity index is 968. The number of hydrogen-bond donors (Lipinski definition) is 1. The van der Waals surface area contributed by atoms with E-state index in [1.54, 1.807) is 6.08 Å². The molecule has 0 aliphatic carbocycles. The first-order valence-electron chi connectivity index (χ1n) is 9.48. The van der Waals surface area contributed by atoms with E-state index in [2.05, 4.69) is 9.88 Å². The van der Waals surface area contributed by atoms with Gasteiger partial charge in [0.05, 0.1) is 0 Å². The maximum absolute atomic E-state index is 12.7. The molecular formula is C22H25N3O3. The van der Waals surface area contributed by atoms with Crippen LogP contribution in [0.2, 0.25) is 0 Å². The summed E-state index contributed by atoms with van der Waals surface area (Å²) in [5.74, 6) is -1.19. The molecule has 0 saturated carbocycles. The highest BCUT2D eigenvalue weighted by molar-refractivity contribution is 6.31. The third kappa shape index (κ3) is 3.63. The van der Waals surface area contributed by atoms with Gasteiger partial charge in [0.1, 0.15) is 5.57 Å². The third-order valence-electron chi connectivity index (χ3n) is 4.98. The molecule has 0 spiro atoms. The number of hydrogen-bond acceptors (Lipinski definition) is 3. The van der Waals surface area contributed by atoms with Gasteiger partial charge >= 0.3 is 6.03 Å². The second-order valence-electron chi connectivity index (χ2n) is 7.13. The summed E-state index contributed by atoms with van der Waals surface area (Å²) in [6.45, 7) is 8.25. The Balaban J connectivity index is 1.99. The van der Waals surface area contributed by atoms with Gasteiger partial charge in [-0.3, -0.25) is 19.8 Å². The van der Waals surface area contributed by atoms with E-state index in [1.165, 1.54) is 5.56 Å². The van der Waals surface area contributed by atoms with E-state index in [-0.39, 0.29) is 5.57 Å². The quantitative estimate of drug-likeness (QED) is 0.636. The van der Waals surface area contributed by atoms with Crippen molar-refractivity contribution in [1.82, 2.24) is 14.8 Å². The van der Waals surface area contributed by atoms with E-state index in [0.717, 1.165) is 34.0 Å². The van der Waals surface area contributed by atoms with Crippen LogP contribution in [0.5, 0.6) is 0 Å². The highest BCUT2D eigenvalue weighted by Crippen LogP contribution is 2.24. The molecule has 3 rings (SSSR count). The van der Waals surface area contributed by atoms with Crippen molar-refractivity contribution < 1.29 is 14.4 Å². The maximum atomic E-state index is 12.7. The molecule has 28 heavy (non-hydrogen) atoms. The molecule has 1 aromatic carbocycles. The van der Waals surface area contributed by atoms with Crippen LogP contribution in [0, 0.1) is 20.8 Å². The van der Waals surface area contributed by atoms with Crippen LogP contribution in [0.15, 0.2) is 35.9 Å². The standard InChI is InChI=1S/C22H25N3O3/c1-5-6-11-24-21(27)19(20(26)23-22(24)28)13-17-12-15(3)25(16(17)4)18-9-7-14(2)8-10-18/h7-10,12-13H,5-6,11H2,1-4H3,(H,23,26,28)/b19-13+. The average molecular weight is 379 g/mol. The molecule has 146 valence electrons. The van der Waals surface area contributed by atoms with Gasteiger partial charge in [0.25, 0.3) is 11.8 Å². The van der Waals surface area contributed by atoms with Gasteiger partial charge in [0, 0.05) is 23.6 Å². The molecule has 0 bridgehead atoms. The minimum Gasteiger partial charge on any atom is -0.318 e. The van der Waals surface area contributed by atoms with Gasteiger partial charge < -0.3 is 4.57 Å². The smallest absolute Gasteiger partial charge is 0.318 e. The lowest BCUT2D eigenvalue weighted by atomic mass is 10.1. The first-order chi connectivity index (χ1) is 13.3. The van der Waals surface area contributed by atoms with Gasteiger partial charge in [-0.2, -0.15) is 0 Å². The van der Waals surface area contributed by atoms with E-state index in [4.69, 9.17) is 0 Å². The van der Waals surface area contributed by atoms with Crippen molar-refractivity contribution in [3.05, 3.63) is 58.4 Å². The van der Waals surface area contributed by atoms with E-state index in [1.807, 2.05) is 58.0 Å². The van der Waals surface area contributed by atoms with Gasteiger partial charge in [-0.05, 0) is 57.0 Å². The van der Waals surface area contributed by atoms with Crippen LogP contribution in [0.25, 0.3) is 11.8 Å². The lowest BCUT2D eigenvalue weighted by Gasteiger charge is -2.26. The minimum absolute atomic E-state index is 0.0140. The summed E-state index contributed by atoms with van der Waals surface area (Å²) < 4.78 is 2.08. The number of nitrogens with zero attached hydrogens (tertiary/aromatic N) is 2. The molecule has 6 heteroatoms. The molecular weight excluding hydrogens is 354 g/mol. The highest BCUT2D eigenvalue weighted by Gasteiger charge is 2.35. The monoisotopic (exact) mass is 379 g/mol. The number of unbranched alkanes of at least 4 members (excludes halogenated alkanes) is 1. The zero-order valence-corrected chi connectivity index (χ0v) is 16.7. The fourth-order valence-electron chi connectivity index (χ4n) is 3.39. The molecule has 4 amide bonds. The number of nitrogens with one attached hydrogen (secondary N) is 1. The number of aromatic nitrogens is 1. The molecule has 1 aliphatic rings. The predicted molar refractivity (Wildman–Crippen MR) is 108 cm³/mol. The molecule has 1 saturated heterocycles. The topological polar surface area (TPSA) is 71.4 Å². The number of carbonyl (C=O) groups excluding carboxylic acids is 3. The van der Waals surface area contributed by atoms with Crippen molar-refractivity contribution in [3.8, 4) is 5.69 Å². The summed E-state index contributed by atoms with van der Waals surface area (Å²) in [4.78, 5) is 38.1. The number of carbonyl (C=O) groups is 3.